The third-order valence-electron chi connectivity index (χ3n) is 3.79. The van der Waals surface area contributed by atoms with Gasteiger partial charge in [-0.05, 0) is 39.2 Å². The Balaban J connectivity index is 1.92. The van der Waals surface area contributed by atoms with Crippen LogP contribution in [0.1, 0.15) is 41.3 Å². The molecule has 2 aromatic rings. The molecule has 0 saturated heterocycles. The van der Waals surface area contributed by atoms with Crippen molar-refractivity contribution in [3.05, 3.63) is 23.3 Å². The SMILES string of the molecule is Cc1cc(C)n2nc(C(=O)NC3(C(=O)O)CCC3)nc2n1. The molecule has 1 aliphatic carbocycles. The van der Waals surface area contributed by atoms with Crippen molar-refractivity contribution >= 4 is 17.7 Å². The molecule has 0 spiro atoms. The highest BCUT2D eigenvalue weighted by molar-refractivity contribution is 5.95. The lowest BCUT2D eigenvalue weighted by Crippen LogP contribution is -2.59. The second-order valence-corrected chi connectivity index (χ2v) is 5.38. The molecule has 8 nitrogen and oxygen atoms in total. The standard InChI is InChI=1S/C13H15N5O3/c1-7-6-8(2)18-12(14-7)15-9(17-18)10(19)16-13(11(20)21)4-3-5-13/h6H,3-5H2,1-2H3,(H,16,19)(H,20,21). The maximum Gasteiger partial charge on any atom is 0.329 e. The molecule has 0 atom stereocenters. The average molecular weight is 289 g/mol. The second-order valence-electron chi connectivity index (χ2n) is 5.38. The van der Waals surface area contributed by atoms with Crippen LogP contribution in [0.3, 0.4) is 0 Å². The molecule has 0 unspecified atom stereocenters. The number of aryl methyl sites for hydroxylation is 2. The minimum absolute atomic E-state index is 0.0660. The van der Waals surface area contributed by atoms with Crippen molar-refractivity contribution in [2.45, 2.75) is 38.6 Å². The molecule has 2 heterocycles. The summed E-state index contributed by atoms with van der Waals surface area (Å²) in [6, 6.07) is 1.83. The van der Waals surface area contributed by atoms with Gasteiger partial charge in [0.2, 0.25) is 5.82 Å². The van der Waals surface area contributed by atoms with Crippen LogP contribution >= 0.6 is 0 Å². The number of carboxylic acid groups (broad SMARTS) is 1. The van der Waals surface area contributed by atoms with E-state index in [1.165, 1.54) is 4.52 Å². The normalized spacial score (nSPS) is 16.5. The predicted octanol–water partition coefficient (Wildman–Crippen LogP) is 0.478. The third-order valence-corrected chi connectivity index (χ3v) is 3.79. The molecule has 0 aliphatic heterocycles. The zero-order valence-corrected chi connectivity index (χ0v) is 11.8. The number of aliphatic carboxylic acids is 1. The van der Waals surface area contributed by atoms with Crippen molar-refractivity contribution < 1.29 is 14.7 Å². The average Bonchev–Trinajstić information content (AvgIpc) is 2.77. The minimum Gasteiger partial charge on any atom is -0.480 e. The second kappa shape index (κ2) is 4.51. The van der Waals surface area contributed by atoms with Crippen molar-refractivity contribution in [1.29, 1.82) is 0 Å². The first kappa shape index (κ1) is 13.5. The summed E-state index contributed by atoms with van der Waals surface area (Å²) in [5.74, 6) is -1.34. The zero-order chi connectivity index (χ0) is 15.2. The maximum absolute atomic E-state index is 12.2. The van der Waals surface area contributed by atoms with Crippen LogP contribution in [-0.4, -0.2) is 42.1 Å². The van der Waals surface area contributed by atoms with Crippen molar-refractivity contribution in [2.24, 2.45) is 0 Å². The maximum atomic E-state index is 12.2. The van der Waals surface area contributed by atoms with E-state index in [0.29, 0.717) is 18.6 Å². The Labute approximate surface area is 120 Å². The lowest BCUT2D eigenvalue weighted by atomic mass is 9.77. The fourth-order valence-electron chi connectivity index (χ4n) is 2.46. The highest BCUT2D eigenvalue weighted by atomic mass is 16.4. The van der Waals surface area contributed by atoms with Crippen molar-refractivity contribution in [3.63, 3.8) is 0 Å². The van der Waals surface area contributed by atoms with Gasteiger partial charge in [-0.3, -0.25) is 4.79 Å². The van der Waals surface area contributed by atoms with Gasteiger partial charge >= 0.3 is 5.97 Å². The van der Waals surface area contributed by atoms with E-state index in [2.05, 4.69) is 20.4 Å². The molecule has 1 fully saturated rings. The van der Waals surface area contributed by atoms with Gasteiger partial charge < -0.3 is 10.4 Å². The summed E-state index contributed by atoms with van der Waals surface area (Å²) in [5, 5.41) is 15.9. The zero-order valence-electron chi connectivity index (χ0n) is 11.8. The summed E-state index contributed by atoms with van der Waals surface area (Å²) in [6.07, 6.45) is 1.64. The van der Waals surface area contributed by atoms with Gasteiger partial charge in [-0.2, -0.15) is 4.98 Å². The molecule has 0 bridgehead atoms. The van der Waals surface area contributed by atoms with Crippen molar-refractivity contribution in [1.82, 2.24) is 24.9 Å². The van der Waals surface area contributed by atoms with Crippen LogP contribution in [0.4, 0.5) is 0 Å². The number of fused-ring (bicyclic) bond motifs is 1. The van der Waals surface area contributed by atoms with E-state index < -0.39 is 17.4 Å². The van der Waals surface area contributed by atoms with E-state index in [9.17, 15) is 14.7 Å². The Bertz CT molecular complexity index is 748. The minimum atomic E-state index is -1.17. The number of carbonyl (C=O) groups is 2. The molecule has 8 heteroatoms. The number of amides is 1. The van der Waals surface area contributed by atoms with Gasteiger partial charge in [0.25, 0.3) is 11.7 Å². The first-order valence-electron chi connectivity index (χ1n) is 6.68. The summed E-state index contributed by atoms with van der Waals surface area (Å²) < 4.78 is 1.47. The lowest BCUT2D eigenvalue weighted by Gasteiger charge is -2.37. The fourth-order valence-corrected chi connectivity index (χ4v) is 2.46. The molecular formula is C13H15N5O3. The first-order valence-corrected chi connectivity index (χ1v) is 6.68. The molecule has 2 N–H and O–H groups in total. The highest BCUT2D eigenvalue weighted by Crippen LogP contribution is 2.32. The van der Waals surface area contributed by atoms with Gasteiger partial charge in [-0.25, -0.2) is 14.3 Å². The van der Waals surface area contributed by atoms with E-state index in [0.717, 1.165) is 17.8 Å². The highest BCUT2D eigenvalue weighted by Gasteiger charge is 2.46. The summed E-state index contributed by atoms with van der Waals surface area (Å²) in [6.45, 7) is 3.66. The smallest absolute Gasteiger partial charge is 0.329 e. The number of hydrogen-bond acceptors (Lipinski definition) is 5. The Morgan fingerprint density at radius 1 is 1.33 bits per heavy atom. The molecule has 1 amide bonds. The van der Waals surface area contributed by atoms with Gasteiger partial charge in [0.1, 0.15) is 5.54 Å². The van der Waals surface area contributed by atoms with Gasteiger partial charge in [-0.15, -0.1) is 5.10 Å². The van der Waals surface area contributed by atoms with Crippen molar-refractivity contribution in [2.75, 3.05) is 0 Å². The van der Waals surface area contributed by atoms with Gasteiger partial charge in [0, 0.05) is 11.4 Å². The molecule has 1 aliphatic rings. The molecule has 2 aromatic heterocycles. The molecular weight excluding hydrogens is 274 g/mol. The Morgan fingerprint density at radius 3 is 2.62 bits per heavy atom. The Hall–Kier alpha value is -2.51. The number of nitrogens with one attached hydrogen (secondary N) is 1. The number of hydrogen-bond donors (Lipinski definition) is 2. The molecule has 0 radical (unpaired) electrons. The largest absolute Gasteiger partial charge is 0.480 e. The molecule has 110 valence electrons. The Kier molecular flexibility index (Phi) is 2.89. The van der Waals surface area contributed by atoms with E-state index in [1.807, 2.05) is 19.9 Å². The third kappa shape index (κ3) is 2.12. The summed E-state index contributed by atoms with van der Waals surface area (Å²) in [4.78, 5) is 31.7. The van der Waals surface area contributed by atoms with Crippen LogP contribution in [0, 0.1) is 13.8 Å². The Morgan fingerprint density at radius 2 is 2.05 bits per heavy atom. The van der Waals surface area contributed by atoms with Crippen LogP contribution in [0.25, 0.3) is 5.78 Å². The molecule has 21 heavy (non-hydrogen) atoms. The van der Waals surface area contributed by atoms with Gasteiger partial charge in [-0.1, -0.05) is 0 Å². The predicted molar refractivity (Wildman–Crippen MR) is 71.9 cm³/mol. The number of nitrogens with zero attached hydrogens (tertiary/aromatic N) is 4. The van der Waals surface area contributed by atoms with E-state index >= 15 is 0 Å². The summed E-state index contributed by atoms with van der Waals surface area (Å²) in [5.41, 5.74) is 0.411. The van der Waals surface area contributed by atoms with Crippen LogP contribution < -0.4 is 5.32 Å². The summed E-state index contributed by atoms with van der Waals surface area (Å²) in [7, 11) is 0. The van der Waals surface area contributed by atoms with Crippen LogP contribution in [0.5, 0.6) is 0 Å². The van der Waals surface area contributed by atoms with Crippen molar-refractivity contribution in [3.8, 4) is 0 Å². The number of carboxylic acids is 1. The topological polar surface area (TPSA) is 109 Å². The first-order chi connectivity index (χ1) is 9.91. The van der Waals surface area contributed by atoms with Crippen LogP contribution in [0.15, 0.2) is 6.07 Å². The van der Waals surface area contributed by atoms with Crippen LogP contribution in [0.2, 0.25) is 0 Å². The quantitative estimate of drug-likeness (QED) is 0.850. The van der Waals surface area contributed by atoms with E-state index in [4.69, 9.17) is 0 Å². The van der Waals surface area contributed by atoms with E-state index in [-0.39, 0.29) is 5.82 Å². The van der Waals surface area contributed by atoms with Crippen LogP contribution in [-0.2, 0) is 4.79 Å². The van der Waals surface area contributed by atoms with E-state index in [1.54, 1.807) is 0 Å². The summed E-state index contributed by atoms with van der Waals surface area (Å²) >= 11 is 0. The number of rotatable bonds is 3. The lowest BCUT2D eigenvalue weighted by molar-refractivity contribution is -0.148. The molecule has 0 aromatic carbocycles. The fraction of sp³-hybridized carbons (Fsp3) is 0.462. The number of carbonyl (C=O) groups excluding carboxylic acids is 1. The molecule has 1 saturated carbocycles. The van der Waals surface area contributed by atoms with Gasteiger partial charge in [0.05, 0.1) is 0 Å². The molecule has 3 rings (SSSR count). The number of aromatic nitrogens is 4. The van der Waals surface area contributed by atoms with Gasteiger partial charge in [0.15, 0.2) is 0 Å². The monoisotopic (exact) mass is 289 g/mol.